The number of anilines is 1. The highest BCUT2D eigenvalue weighted by atomic mass is 16.5. The Morgan fingerprint density at radius 1 is 0.605 bits per heavy atom. The number of benzene rings is 4. The van der Waals surface area contributed by atoms with Gasteiger partial charge in [0, 0.05) is 22.4 Å². The molecule has 0 aromatic heterocycles. The van der Waals surface area contributed by atoms with Crippen LogP contribution in [0.1, 0.15) is 36.6 Å². The maximum Gasteiger partial charge on any atom is 0.269 e. The predicted octanol–water partition coefficient (Wildman–Crippen LogP) is 4.78. The average Bonchev–Trinajstić information content (AvgIpc) is 2.95. The summed E-state index contributed by atoms with van der Waals surface area (Å²) in [6.45, 7) is 2.52. The lowest BCUT2D eigenvalue weighted by Gasteiger charge is -2.11. The van der Waals surface area contributed by atoms with E-state index >= 15 is 0 Å². The van der Waals surface area contributed by atoms with Crippen LogP contribution < -0.4 is 25.6 Å². The molecule has 4 aromatic carbocycles. The molecule has 0 radical (unpaired) electrons. The molecule has 0 saturated carbocycles. The largest absolute Gasteiger partial charge is 0.490 e. The molecule has 3 N–H and O–H groups in total. The van der Waals surface area contributed by atoms with Crippen LogP contribution >= 0.6 is 0 Å². The SMILES string of the molecule is Cc1ccccc1C(=O)Nc1ccc(C(=O)NNC(=O)c2cccc(OCCOc3ccccc3)c2)cc1. The third-order valence-electron chi connectivity index (χ3n) is 5.54. The van der Waals surface area contributed by atoms with Gasteiger partial charge in [0.2, 0.25) is 0 Å². The second-order valence-electron chi connectivity index (χ2n) is 8.29. The van der Waals surface area contributed by atoms with E-state index in [0.29, 0.717) is 41.3 Å². The maximum absolute atomic E-state index is 12.5. The van der Waals surface area contributed by atoms with Gasteiger partial charge in [-0.25, -0.2) is 0 Å². The molecule has 0 bridgehead atoms. The van der Waals surface area contributed by atoms with E-state index < -0.39 is 11.8 Å². The number of carbonyl (C=O) groups is 3. The van der Waals surface area contributed by atoms with E-state index in [9.17, 15) is 14.4 Å². The number of rotatable bonds is 9. The van der Waals surface area contributed by atoms with Crippen LogP contribution in [0.2, 0.25) is 0 Å². The first kappa shape index (κ1) is 26.0. The van der Waals surface area contributed by atoms with Crippen LogP contribution in [0.15, 0.2) is 103 Å². The quantitative estimate of drug-likeness (QED) is 0.222. The first-order valence-electron chi connectivity index (χ1n) is 12.0. The Balaban J connectivity index is 1.24. The number of amides is 3. The molecule has 0 spiro atoms. The summed E-state index contributed by atoms with van der Waals surface area (Å²) in [6.07, 6.45) is 0. The van der Waals surface area contributed by atoms with Crippen LogP contribution in [0.5, 0.6) is 11.5 Å². The monoisotopic (exact) mass is 509 g/mol. The molecule has 0 aliphatic carbocycles. The van der Waals surface area contributed by atoms with Crippen molar-refractivity contribution in [2.75, 3.05) is 18.5 Å². The van der Waals surface area contributed by atoms with Crippen molar-refractivity contribution in [3.05, 3.63) is 125 Å². The molecular formula is C30H27N3O5. The third-order valence-corrected chi connectivity index (χ3v) is 5.54. The van der Waals surface area contributed by atoms with Crippen molar-refractivity contribution in [2.45, 2.75) is 6.92 Å². The molecule has 4 rings (SSSR count). The first-order valence-corrected chi connectivity index (χ1v) is 12.0. The first-order chi connectivity index (χ1) is 18.5. The van der Waals surface area contributed by atoms with Gasteiger partial charge in [-0.2, -0.15) is 0 Å². The second kappa shape index (κ2) is 12.7. The number of hydrogen-bond acceptors (Lipinski definition) is 5. The van der Waals surface area contributed by atoms with E-state index in [0.717, 1.165) is 11.3 Å². The third kappa shape index (κ3) is 7.20. The summed E-state index contributed by atoms with van der Waals surface area (Å²) < 4.78 is 11.3. The lowest BCUT2D eigenvalue weighted by molar-refractivity contribution is 0.0846. The lowest BCUT2D eigenvalue weighted by Crippen LogP contribution is -2.41. The van der Waals surface area contributed by atoms with Crippen molar-refractivity contribution in [3.63, 3.8) is 0 Å². The molecular weight excluding hydrogens is 482 g/mol. The summed E-state index contributed by atoms with van der Waals surface area (Å²) in [5.41, 5.74) is 7.42. The summed E-state index contributed by atoms with van der Waals surface area (Å²) >= 11 is 0. The van der Waals surface area contributed by atoms with Crippen LogP contribution in [0, 0.1) is 6.92 Å². The predicted molar refractivity (Wildman–Crippen MR) is 144 cm³/mol. The van der Waals surface area contributed by atoms with Gasteiger partial charge in [-0.1, -0.05) is 42.5 Å². The summed E-state index contributed by atoms with van der Waals surface area (Å²) in [5, 5.41) is 2.81. The standard InChI is InChI=1S/C30H27N3O5/c1-21-8-5-6-13-27(21)30(36)31-24-16-14-22(15-17-24)28(34)32-33-29(35)23-9-7-12-26(20-23)38-19-18-37-25-10-3-2-4-11-25/h2-17,20H,18-19H2,1H3,(H,31,36)(H,32,34)(H,33,35). The summed E-state index contributed by atoms with van der Waals surface area (Å²) in [6, 6.07) is 29.7. The molecule has 0 unspecified atom stereocenters. The van der Waals surface area contributed by atoms with Crippen LogP contribution in [0.4, 0.5) is 5.69 Å². The lowest BCUT2D eigenvalue weighted by atomic mass is 10.1. The second-order valence-corrected chi connectivity index (χ2v) is 8.29. The molecule has 8 heteroatoms. The highest BCUT2D eigenvalue weighted by Gasteiger charge is 2.12. The van der Waals surface area contributed by atoms with E-state index in [1.165, 1.54) is 0 Å². The molecule has 0 aliphatic rings. The summed E-state index contributed by atoms with van der Waals surface area (Å²) in [5.74, 6) is 0.0279. The van der Waals surface area contributed by atoms with Crippen molar-refractivity contribution >= 4 is 23.4 Å². The van der Waals surface area contributed by atoms with Gasteiger partial charge in [0.25, 0.3) is 17.7 Å². The van der Waals surface area contributed by atoms with Crippen molar-refractivity contribution in [3.8, 4) is 11.5 Å². The smallest absolute Gasteiger partial charge is 0.269 e. The fourth-order valence-electron chi connectivity index (χ4n) is 3.55. The van der Waals surface area contributed by atoms with Crippen LogP contribution in [-0.4, -0.2) is 30.9 Å². The Morgan fingerprint density at radius 3 is 1.92 bits per heavy atom. The van der Waals surface area contributed by atoms with Gasteiger partial charge in [-0.15, -0.1) is 0 Å². The van der Waals surface area contributed by atoms with Crippen LogP contribution in [-0.2, 0) is 0 Å². The van der Waals surface area contributed by atoms with Crippen molar-refractivity contribution < 1.29 is 23.9 Å². The summed E-state index contributed by atoms with van der Waals surface area (Å²) in [7, 11) is 0. The van der Waals surface area contributed by atoms with Gasteiger partial charge in [0.05, 0.1) is 0 Å². The molecule has 0 atom stereocenters. The average molecular weight is 510 g/mol. The fourth-order valence-corrected chi connectivity index (χ4v) is 3.55. The minimum absolute atomic E-state index is 0.234. The Hall–Kier alpha value is -5.11. The number of para-hydroxylation sites is 1. The van der Waals surface area contributed by atoms with Gasteiger partial charge in [0.15, 0.2) is 0 Å². The Labute approximate surface area is 220 Å². The van der Waals surface area contributed by atoms with Gasteiger partial charge in [-0.05, 0) is 73.2 Å². The number of ether oxygens (including phenoxy) is 2. The molecule has 0 aliphatic heterocycles. The zero-order chi connectivity index (χ0) is 26.7. The molecule has 192 valence electrons. The number of aryl methyl sites for hydroxylation is 1. The maximum atomic E-state index is 12.5. The molecule has 38 heavy (non-hydrogen) atoms. The summed E-state index contributed by atoms with van der Waals surface area (Å²) in [4.78, 5) is 37.5. The van der Waals surface area contributed by atoms with E-state index in [-0.39, 0.29) is 5.91 Å². The zero-order valence-electron chi connectivity index (χ0n) is 20.8. The van der Waals surface area contributed by atoms with Gasteiger partial charge < -0.3 is 14.8 Å². The molecule has 0 heterocycles. The Morgan fingerprint density at radius 2 is 1.21 bits per heavy atom. The van der Waals surface area contributed by atoms with Crippen molar-refractivity contribution in [1.29, 1.82) is 0 Å². The highest BCUT2D eigenvalue weighted by Crippen LogP contribution is 2.15. The van der Waals surface area contributed by atoms with Gasteiger partial charge in [-0.3, -0.25) is 25.2 Å². The normalized spacial score (nSPS) is 10.2. The van der Waals surface area contributed by atoms with Gasteiger partial charge in [0.1, 0.15) is 24.7 Å². The number of hydrogen-bond donors (Lipinski definition) is 3. The zero-order valence-corrected chi connectivity index (χ0v) is 20.8. The number of nitrogens with one attached hydrogen (secondary N) is 3. The molecule has 4 aromatic rings. The van der Waals surface area contributed by atoms with E-state index in [1.807, 2.05) is 49.4 Å². The molecule has 0 saturated heterocycles. The van der Waals surface area contributed by atoms with E-state index in [1.54, 1.807) is 60.7 Å². The molecule has 8 nitrogen and oxygen atoms in total. The van der Waals surface area contributed by atoms with Crippen LogP contribution in [0.3, 0.4) is 0 Å². The Kier molecular flexibility index (Phi) is 8.70. The van der Waals surface area contributed by atoms with Crippen molar-refractivity contribution in [1.82, 2.24) is 10.9 Å². The highest BCUT2D eigenvalue weighted by molar-refractivity contribution is 6.05. The minimum Gasteiger partial charge on any atom is -0.490 e. The van der Waals surface area contributed by atoms with Crippen LogP contribution in [0.25, 0.3) is 0 Å². The topological polar surface area (TPSA) is 106 Å². The Bertz CT molecular complexity index is 1410. The minimum atomic E-state index is -0.499. The van der Waals surface area contributed by atoms with Crippen molar-refractivity contribution in [2.24, 2.45) is 0 Å². The van der Waals surface area contributed by atoms with Gasteiger partial charge >= 0.3 is 0 Å². The fraction of sp³-hybridized carbons (Fsp3) is 0.100. The number of carbonyl (C=O) groups excluding carboxylic acids is 3. The van der Waals surface area contributed by atoms with E-state index in [2.05, 4.69) is 16.2 Å². The van der Waals surface area contributed by atoms with E-state index in [4.69, 9.17) is 9.47 Å². The number of hydrazine groups is 1. The molecule has 3 amide bonds. The molecule has 0 fully saturated rings.